The number of carboxylic acid groups (broad SMARTS) is 1. The molecule has 1 N–H and O–H groups in total. The molecule has 3 aromatic rings. The second-order valence-electron chi connectivity index (χ2n) is 6.14. The summed E-state index contributed by atoms with van der Waals surface area (Å²) in [7, 11) is 1.73. The van der Waals surface area contributed by atoms with Crippen molar-refractivity contribution >= 4 is 40.8 Å². The van der Waals surface area contributed by atoms with Gasteiger partial charge in [-0.3, -0.25) is 4.79 Å². The summed E-state index contributed by atoms with van der Waals surface area (Å²) in [6, 6.07) is 15.7. The Morgan fingerprint density at radius 1 is 1.15 bits per heavy atom. The van der Waals surface area contributed by atoms with E-state index in [1.165, 1.54) is 12.1 Å². The van der Waals surface area contributed by atoms with Gasteiger partial charge in [0.05, 0.1) is 21.8 Å². The molecule has 5 nitrogen and oxygen atoms in total. The highest BCUT2D eigenvalue weighted by Gasteiger charge is 2.29. The average Bonchev–Trinajstić information content (AvgIpc) is 3.22. The normalized spacial score (nSPS) is 14.7. The molecule has 0 atom stereocenters. The van der Waals surface area contributed by atoms with E-state index in [1.54, 1.807) is 36.2 Å². The Morgan fingerprint density at radius 3 is 2.70 bits per heavy atom. The number of halogens is 1. The minimum absolute atomic E-state index is 0.00648. The molecule has 0 saturated carbocycles. The van der Waals surface area contributed by atoms with Crippen molar-refractivity contribution in [3.8, 4) is 11.3 Å². The van der Waals surface area contributed by atoms with Gasteiger partial charge in [0.15, 0.2) is 0 Å². The molecule has 2 heterocycles. The molecule has 0 fully saturated rings. The summed E-state index contributed by atoms with van der Waals surface area (Å²) in [6.07, 6.45) is 1.70. The first-order valence-electron chi connectivity index (χ1n) is 8.18. The largest absolute Gasteiger partial charge is 0.478 e. The van der Waals surface area contributed by atoms with Gasteiger partial charge >= 0.3 is 5.97 Å². The summed E-state index contributed by atoms with van der Waals surface area (Å²) in [6.45, 7) is 0. The fourth-order valence-corrected chi connectivity index (χ4v) is 3.31. The number of carboxylic acids is 1. The predicted octanol–water partition coefficient (Wildman–Crippen LogP) is 4.82. The Balaban J connectivity index is 1.72. The van der Waals surface area contributed by atoms with Crippen molar-refractivity contribution in [1.29, 1.82) is 0 Å². The van der Waals surface area contributed by atoms with Crippen LogP contribution in [0.3, 0.4) is 0 Å². The van der Waals surface area contributed by atoms with Gasteiger partial charge in [0.2, 0.25) is 0 Å². The Bertz CT molecular complexity index is 1110. The fraction of sp³-hybridized carbons (Fsp3) is 0.0476. The molecule has 1 aliphatic heterocycles. The topological polar surface area (TPSA) is 70.8 Å². The second-order valence-corrected chi connectivity index (χ2v) is 6.55. The van der Waals surface area contributed by atoms with E-state index in [1.807, 2.05) is 24.3 Å². The molecule has 4 rings (SSSR count). The highest BCUT2D eigenvalue weighted by molar-refractivity contribution is 6.35. The minimum atomic E-state index is -1.10. The summed E-state index contributed by atoms with van der Waals surface area (Å²) < 4.78 is 5.82. The first-order chi connectivity index (χ1) is 13.0. The molecule has 0 saturated heterocycles. The van der Waals surface area contributed by atoms with Crippen molar-refractivity contribution in [2.45, 2.75) is 0 Å². The number of aromatic carboxylic acids is 1. The van der Waals surface area contributed by atoms with E-state index in [0.717, 1.165) is 11.3 Å². The third-order valence-corrected chi connectivity index (χ3v) is 4.81. The van der Waals surface area contributed by atoms with Crippen LogP contribution in [0.4, 0.5) is 5.69 Å². The van der Waals surface area contributed by atoms with E-state index in [-0.39, 0.29) is 16.5 Å². The van der Waals surface area contributed by atoms with E-state index in [9.17, 15) is 14.7 Å². The van der Waals surface area contributed by atoms with Gasteiger partial charge < -0.3 is 14.4 Å². The van der Waals surface area contributed by atoms with Crippen LogP contribution in [0.2, 0.25) is 5.02 Å². The molecule has 1 aromatic heterocycles. The van der Waals surface area contributed by atoms with Gasteiger partial charge in [-0.2, -0.15) is 0 Å². The van der Waals surface area contributed by atoms with Crippen LogP contribution in [0, 0.1) is 0 Å². The lowest BCUT2D eigenvalue weighted by molar-refractivity contribution is -0.112. The van der Waals surface area contributed by atoms with Gasteiger partial charge in [0.25, 0.3) is 5.91 Å². The highest BCUT2D eigenvalue weighted by atomic mass is 35.5. The average molecular weight is 380 g/mol. The van der Waals surface area contributed by atoms with Gasteiger partial charge in [-0.05, 0) is 42.5 Å². The van der Waals surface area contributed by atoms with Gasteiger partial charge in [-0.25, -0.2) is 4.79 Å². The number of amides is 1. The fourth-order valence-electron chi connectivity index (χ4n) is 3.11. The minimum Gasteiger partial charge on any atom is -0.478 e. The Morgan fingerprint density at radius 2 is 1.93 bits per heavy atom. The lowest BCUT2D eigenvalue weighted by atomic mass is 10.1. The van der Waals surface area contributed by atoms with E-state index >= 15 is 0 Å². The molecule has 1 aliphatic rings. The number of furan rings is 1. The number of nitrogens with zero attached hydrogens (tertiary/aromatic N) is 1. The smallest absolute Gasteiger partial charge is 0.337 e. The Hall–Kier alpha value is -3.31. The third kappa shape index (κ3) is 2.92. The van der Waals surface area contributed by atoms with Crippen molar-refractivity contribution in [2.75, 3.05) is 11.9 Å². The molecule has 27 heavy (non-hydrogen) atoms. The van der Waals surface area contributed by atoms with Crippen LogP contribution < -0.4 is 4.90 Å². The number of fused-ring (bicyclic) bond motifs is 1. The summed E-state index contributed by atoms with van der Waals surface area (Å²) in [5.74, 6) is -0.209. The standard InChI is InChI=1S/C21H14ClNO4/c1-23-18-5-3-2-4-14(18)15(20(23)24)11-13-7-9-19(27-13)12-6-8-17(22)16(10-12)21(25)26/h2-11H,1H3,(H,25,26)/b15-11+. The van der Waals surface area contributed by atoms with Crippen LogP contribution >= 0.6 is 11.6 Å². The number of anilines is 1. The van der Waals surface area contributed by atoms with Crippen molar-refractivity contribution in [1.82, 2.24) is 0 Å². The first kappa shape index (κ1) is 17.1. The molecular weight excluding hydrogens is 366 g/mol. The Labute approximate surface area is 160 Å². The summed E-state index contributed by atoms with van der Waals surface area (Å²) in [5.41, 5.74) is 2.85. The van der Waals surface area contributed by atoms with Crippen molar-refractivity contribution < 1.29 is 19.1 Å². The van der Waals surface area contributed by atoms with E-state index < -0.39 is 5.97 Å². The molecule has 1 amide bonds. The zero-order valence-electron chi connectivity index (χ0n) is 14.3. The number of carbonyl (C=O) groups is 2. The lowest BCUT2D eigenvalue weighted by Crippen LogP contribution is -2.20. The van der Waals surface area contributed by atoms with Gasteiger partial charge in [0.1, 0.15) is 11.5 Å². The predicted molar refractivity (Wildman–Crippen MR) is 104 cm³/mol. The highest BCUT2D eigenvalue weighted by Crippen LogP contribution is 2.37. The molecule has 0 bridgehead atoms. The van der Waals surface area contributed by atoms with Crippen LogP contribution in [0.15, 0.2) is 59.0 Å². The van der Waals surface area contributed by atoms with Crippen LogP contribution in [0.1, 0.15) is 21.7 Å². The summed E-state index contributed by atoms with van der Waals surface area (Å²) >= 11 is 5.91. The van der Waals surface area contributed by atoms with Crippen molar-refractivity contribution in [3.63, 3.8) is 0 Å². The molecular formula is C21H14ClNO4. The summed E-state index contributed by atoms with van der Waals surface area (Å²) in [5, 5.41) is 9.38. The molecule has 134 valence electrons. The number of likely N-dealkylation sites (N-methyl/N-ethyl adjacent to an activating group) is 1. The van der Waals surface area contributed by atoms with E-state index in [2.05, 4.69) is 0 Å². The molecule has 0 aliphatic carbocycles. The first-order valence-corrected chi connectivity index (χ1v) is 8.55. The van der Waals surface area contributed by atoms with Crippen molar-refractivity contribution in [3.05, 3.63) is 76.5 Å². The van der Waals surface area contributed by atoms with Gasteiger partial charge in [-0.15, -0.1) is 0 Å². The quantitative estimate of drug-likeness (QED) is 0.662. The Kier molecular flexibility index (Phi) is 4.09. The number of carbonyl (C=O) groups excluding carboxylic acids is 1. The SMILES string of the molecule is CN1C(=O)/C(=C/c2ccc(-c3ccc(Cl)c(C(=O)O)c3)o2)c2ccccc21. The molecule has 2 aromatic carbocycles. The second kappa shape index (κ2) is 6.45. The van der Waals surface area contributed by atoms with Crippen LogP contribution in [0.5, 0.6) is 0 Å². The van der Waals surface area contributed by atoms with Crippen molar-refractivity contribution in [2.24, 2.45) is 0 Å². The monoisotopic (exact) mass is 379 g/mol. The number of para-hydroxylation sites is 1. The van der Waals surface area contributed by atoms with E-state index in [0.29, 0.717) is 22.7 Å². The van der Waals surface area contributed by atoms with Gasteiger partial charge in [0, 0.05) is 18.2 Å². The maximum Gasteiger partial charge on any atom is 0.337 e. The molecule has 0 unspecified atom stereocenters. The number of hydrogen-bond donors (Lipinski definition) is 1. The number of rotatable bonds is 3. The molecule has 0 spiro atoms. The van der Waals surface area contributed by atoms with E-state index in [4.69, 9.17) is 16.0 Å². The van der Waals surface area contributed by atoms with Crippen LogP contribution in [-0.2, 0) is 4.79 Å². The molecule has 6 heteroatoms. The number of benzene rings is 2. The zero-order chi connectivity index (χ0) is 19.1. The molecule has 0 radical (unpaired) electrons. The zero-order valence-corrected chi connectivity index (χ0v) is 15.0. The lowest BCUT2D eigenvalue weighted by Gasteiger charge is -2.07. The number of hydrogen-bond acceptors (Lipinski definition) is 3. The van der Waals surface area contributed by atoms with Crippen LogP contribution in [0.25, 0.3) is 23.0 Å². The maximum atomic E-state index is 12.5. The third-order valence-electron chi connectivity index (χ3n) is 4.49. The summed E-state index contributed by atoms with van der Waals surface area (Å²) in [4.78, 5) is 25.4. The van der Waals surface area contributed by atoms with Crippen LogP contribution in [-0.4, -0.2) is 24.0 Å². The van der Waals surface area contributed by atoms with Gasteiger partial charge in [-0.1, -0.05) is 29.8 Å². The maximum absolute atomic E-state index is 12.5.